The molecular weight excluding hydrogens is 339 g/mol. The lowest BCUT2D eigenvalue weighted by atomic mass is 9.94. The number of nitrogens with one attached hydrogen (secondary N) is 1. The lowest BCUT2D eigenvalue weighted by molar-refractivity contribution is -0.156. The predicted octanol–water partition coefficient (Wildman–Crippen LogP) is 2.60. The number of hydrogen-bond donors (Lipinski definition) is 1. The molecule has 0 radical (unpaired) electrons. The van der Waals surface area contributed by atoms with Crippen LogP contribution in [-0.2, 0) is 16.1 Å². The van der Waals surface area contributed by atoms with Gasteiger partial charge in [0, 0.05) is 6.54 Å². The first-order valence-corrected chi connectivity index (χ1v) is 7.63. The van der Waals surface area contributed by atoms with E-state index in [4.69, 9.17) is 0 Å². The van der Waals surface area contributed by atoms with E-state index in [1.165, 1.54) is 11.0 Å². The number of carbonyl (C=O) groups is 2. The molecule has 1 aliphatic heterocycles. The SMILES string of the molecule is CCC1NC(=O)C(C)(C)N(Cc2cccc(F)c2Br)C1=O. The molecule has 1 aromatic carbocycles. The summed E-state index contributed by atoms with van der Waals surface area (Å²) in [6.45, 7) is 5.42. The van der Waals surface area contributed by atoms with Crippen molar-refractivity contribution in [2.45, 2.75) is 45.3 Å². The summed E-state index contributed by atoms with van der Waals surface area (Å²) in [7, 11) is 0. The number of benzene rings is 1. The number of rotatable bonds is 3. The fourth-order valence-corrected chi connectivity index (χ4v) is 2.77. The zero-order valence-corrected chi connectivity index (χ0v) is 13.8. The Balaban J connectivity index is 2.36. The highest BCUT2D eigenvalue weighted by Gasteiger charge is 2.45. The number of amides is 2. The number of carbonyl (C=O) groups excluding carboxylic acids is 2. The average Bonchev–Trinajstić information content (AvgIpc) is 2.43. The van der Waals surface area contributed by atoms with Crippen molar-refractivity contribution in [2.24, 2.45) is 0 Å². The van der Waals surface area contributed by atoms with Crippen molar-refractivity contribution in [1.29, 1.82) is 0 Å². The van der Waals surface area contributed by atoms with E-state index in [2.05, 4.69) is 21.2 Å². The molecule has 4 nitrogen and oxygen atoms in total. The van der Waals surface area contributed by atoms with Crippen molar-refractivity contribution in [2.75, 3.05) is 0 Å². The smallest absolute Gasteiger partial charge is 0.246 e. The second-order valence-electron chi connectivity index (χ2n) is 5.63. The Kier molecular flexibility index (Phi) is 4.37. The van der Waals surface area contributed by atoms with Crippen molar-refractivity contribution >= 4 is 27.7 Å². The molecule has 1 saturated heterocycles. The summed E-state index contributed by atoms with van der Waals surface area (Å²) in [6.07, 6.45) is 0.529. The van der Waals surface area contributed by atoms with E-state index in [1.807, 2.05) is 6.92 Å². The van der Waals surface area contributed by atoms with Gasteiger partial charge in [0.2, 0.25) is 11.8 Å². The first-order valence-electron chi connectivity index (χ1n) is 6.84. The molecule has 6 heteroatoms. The third-order valence-corrected chi connectivity index (χ3v) is 4.76. The zero-order valence-electron chi connectivity index (χ0n) is 12.2. The predicted molar refractivity (Wildman–Crippen MR) is 81.0 cm³/mol. The lowest BCUT2D eigenvalue weighted by Gasteiger charge is -2.44. The van der Waals surface area contributed by atoms with Crippen LogP contribution in [0.1, 0.15) is 32.8 Å². The van der Waals surface area contributed by atoms with Crippen LogP contribution in [0.5, 0.6) is 0 Å². The Bertz CT molecular complexity index is 589. The molecular formula is C15H18BrFN2O2. The molecule has 0 saturated carbocycles. The monoisotopic (exact) mass is 356 g/mol. The Morgan fingerprint density at radius 1 is 1.38 bits per heavy atom. The largest absolute Gasteiger partial charge is 0.342 e. The summed E-state index contributed by atoms with van der Waals surface area (Å²) in [6, 6.07) is 4.16. The maximum absolute atomic E-state index is 13.6. The normalized spacial score (nSPS) is 21.4. The van der Waals surface area contributed by atoms with Crippen LogP contribution in [0, 0.1) is 5.82 Å². The van der Waals surface area contributed by atoms with E-state index in [0.717, 1.165) is 0 Å². The van der Waals surface area contributed by atoms with Crippen LogP contribution in [0.3, 0.4) is 0 Å². The highest BCUT2D eigenvalue weighted by Crippen LogP contribution is 2.28. The molecule has 114 valence electrons. The van der Waals surface area contributed by atoms with Gasteiger partial charge in [-0.15, -0.1) is 0 Å². The maximum Gasteiger partial charge on any atom is 0.246 e. The van der Waals surface area contributed by atoms with E-state index in [1.54, 1.807) is 26.0 Å². The topological polar surface area (TPSA) is 49.4 Å². The molecule has 2 rings (SSSR count). The second kappa shape index (κ2) is 5.75. The van der Waals surface area contributed by atoms with E-state index in [-0.39, 0.29) is 24.2 Å². The number of nitrogens with zero attached hydrogens (tertiary/aromatic N) is 1. The van der Waals surface area contributed by atoms with Gasteiger partial charge in [-0.2, -0.15) is 0 Å². The van der Waals surface area contributed by atoms with Gasteiger partial charge in [-0.25, -0.2) is 4.39 Å². The van der Waals surface area contributed by atoms with Crippen molar-refractivity contribution in [3.05, 3.63) is 34.1 Å². The third kappa shape index (κ3) is 2.81. The Hall–Kier alpha value is -1.43. The summed E-state index contributed by atoms with van der Waals surface area (Å²) in [5, 5.41) is 2.73. The third-order valence-electron chi connectivity index (χ3n) is 3.87. The molecule has 0 bridgehead atoms. The number of halogens is 2. The van der Waals surface area contributed by atoms with Crippen molar-refractivity contribution in [3.63, 3.8) is 0 Å². The van der Waals surface area contributed by atoms with Crippen LogP contribution in [0.15, 0.2) is 22.7 Å². The van der Waals surface area contributed by atoms with E-state index < -0.39 is 11.6 Å². The maximum atomic E-state index is 13.6. The van der Waals surface area contributed by atoms with Gasteiger partial charge in [0.05, 0.1) is 4.47 Å². The standard InChI is InChI=1S/C15H18BrFN2O2/c1-4-11-13(20)19(15(2,3)14(21)18-11)8-9-6-5-7-10(17)12(9)16/h5-7,11H,4,8H2,1-3H3,(H,18,21). The Morgan fingerprint density at radius 3 is 2.67 bits per heavy atom. The van der Waals surface area contributed by atoms with Crippen LogP contribution in [0.2, 0.25) is 0 Å². The fraction of sp³-hybridized carbons (Fsp3) is 0.467. The van der Waals surface area contributed by atoms with Crippen molar-refractivity contribution in [3.8, 4) is 0 Å². The minimum atomic E-state index is -0.964. The molecule has 1 aromatic rings. The van der Waals surface area contributed by atoms with E-state index in [0.29, 0.717) is 16.5 Å². The molecule has 2 amide bonds. The summed E-state index contributed by atoms with van der Waals surface area (Å²) in [4.78, 5) is 26.2. The zero-order chi connectivity index (χ0) is 15.8. The first kappa shape index (κ1) is 15.9. The van der Waals surface area contributed by atoms with Crippen LogP contribution in [0.25, 0.3) is 0 Å². The average molecular weight is 357 g/mol. The molecule has 0 aliphatic carbocycles. The Morgan fingerprint density at radius 2 is 2.05 bits per heavy atom. The van der Waals surface area contributed by atoms with Crippen LogP contribution in [0.4, 0.5) is 4.39 Å². The molecule has 1 atom stereocenters. The van der Waals surface area contributed by atoms with Gasteiger partial charge in [0.25, 0.3) is 0 Å². The molecule has 1 fully saturated rings. The van der Waals surface area contributed by atoms with Crippen molar-refractivity contribution < 1.29 is 14.0 Å². The van der Waals surface area contributed by atoms with Crippen LogP contribution >= 0.6 is 15.9 Å². The van der Waals surface area contributed by atoms with Gasteiger partial charge in [-0.1, -0.05) is 19.1 Å². The lowest BCUT2D eigenvalue weighted by Crippen LogP contribution is -2.67. The minimum Gasteiger partial charge on any atom is -0.342 e. The number of piperazine rings is 1. The van der Waals surface area contributed by atoms with Gasteiger partial charge in [-0.05, 0) is 47.8 Å². The Labute approximate surface area is 131 Å². The van der Waals surface area contributed by atoms with Gasteiger partial charge in [0.1, 0.15) is 17.4 Å². The highest BCUT2D eigenvalue weighted by atomic mass is 79.9. The number of hydrogen-bond acceptors (Lipinski definition) is 2. The van der Waals surface area contributed by atoms with Crippen molar-refractivity contribution in [1.82, 2.24) is 10.2 Å². The highest BCUT2D eigenvalue weighted by molar-refractivity contribution is 9.10. The van der Waals surface area contributed by atoms with Crippen LogP contribution < -0.4 is 5.32 Å². The molecule has 1 heterocycles. The molecule has 0 aromatic heterocycles. The van der Waals surface area contributed by atoms with Gasteiger partial charge >= 0.3 is 0 Å². The molecule has 1 N–H and O–H groups in total. The minimum absolute atomic E-state index is 0.140. The van der Waals surface area contributed by atoms with Gasteiger partial charge in [0.15, 0.2) is 0 Å². The van der Waals surface area contributed by atoms with E-state index in [9.17, 15) is 14.0 Å². The van der Waals surface area contributed by atoms with Gasteiger partial charge in [-0.3, -0.25) is 9.59 Å². The van der Waals surface area contributed by atoms with Crippen LogP contribution in [-0.4, -0.2) is 28.3 Å². The fourth-order valence-electron chi connectivity index (χ4n) is 2.38. The molecule has 21 heavy (non-hydrogen) atoms. The quantitative estimate of drug-likeness (QED) is 0.904. The summed E-state index contributed by atoms with van der Waals surface area (Å²) in [5.41, 5.74) is -0.324. The summed E-state index contributed by atoms with van der Waals surface area (Å²) in [5.74, 6) is -0.717. The summed E-state index contributed by atoms with van der Waals surface area (Å²) < 4.78 is 13.9. The molecule has 1 unspecified atom stereocenters. The summed E-state index contributed by atoms with van der Waals surface area (Å²) >= 11 is 3.20. The molecule has 1 aliphatic rings. The second-order valence-corrected chi connectivity index (χ2v) is 6.42. The van der Waals surface area contributed by atoms with E-state index >= 15 is 0 Å². The first-order chi connectivity index (χ1) is 9.78. The molecule has 0 spiro atoms. The van der Waals surface area contributed by atoms with Gasteiger partial charge < -0.3 is 10.2 Å².